The molecule has 1 unspecified atom stereocenters. The summed E-state index contributed by atoms with van der Waals surface area (Å²) in [6.45, 7) is 3.49. The molecule has 0 aromatic heterocycles. The second-order valence-corrected chi connectivity index (χ2v) is 5.03. The van der Waals surface area contributed by atoms with E-state index in [1.54, 1.807) is 0 Å². The summed E-state index contributed by atoms with van der Waals surface area (Å²) in [4.78, 5) is 0. The van der Waals surface area contributed by atoms with E-state index >= 15 is 0 Å². The summed E-state index contributed by atoms with van der Waals surface area (Å²) in [6, 6.07) is 11.7. The SMILES string of the molecule is CCCC(CNC1CC1)Cc1ccccc1. The van der Waals surface area contributed by atoms with Crippen LogP contribution in [-0.4, -0.2) is 12.6 Å². The van der Waals surface area contributed by atoms with E-state index in [4.69, 9.17) is 0 Å². The highest BCUT2D eigenvalue weighted by atomic mass is 14.9. The molecule has 1 fully saturated rings. The molecule has 88 valence electrons. The third-order valence-electron chi connectivity index (χ3n) is 3.34. The molecule has 0 saturated heterocycles. The first-order valence-electron chi connectivity index (χ1n) is 6.65. The van der Waals surface area contributed by atoms with Gasteiger partial charge in [-0.1, -0.05) is 43.7 Å². The zero-order valence-corrected chi connectivity index (χ0v) is 10.3. The molecule has 0 heterocycles. The lowest BCUT2D eigenvalue weighted by Gasteiger charge is -2.16. The second-order valence-electron chi connectivity index (χ2n) is 5.03. The van der Waals surface area contributed by atoms with Crippen molar-refractivity contribution in [2.24, 2.45) is 5.92 Å². The quantitative estimate of drug-likeness (QED) is 0.738. The minimum atomic E-state index is 0.813. The van der Waals surface area contributed by atoms with Crippen LogP contribution in [0.4, 0.5) is 0 Å². The van der Waals surface area contributed by atoms with Crippen LogP contribution in [0.3, 0.4) is 0 Å². The van der Waals surface area contributed by atoms with Gasteiger partial charge in [0.1, 0.15) is 0 Å². The average Bonchev–Trinajstić information content (AvgIpc) is 3.11. The van der Waals surface area contributed by atoms with Crippen LogP contribution in [0.1, 0.15) is 38.2 Å². The van der Waals surface area contributed by atoms with Crippen molar-refractivity contribution >= 4 is 0 Å². The summed E-state index contributed by atoms with van der Waals surface area (Å²) in [7, 11) is 0. The van der Waals surface area contributed by atoms with Crippen molar-refractivity contribution in [3.05, 3.63) is 35.9 Å². The standard InChI is InChI=1S/C15H23N/c1-2-6-14(12-16-15-9-10-15)11-13-7-4-3-5-8-13/h3-5,7-8,14-16H,2,6,9-12H2,1H3. The van der Waals surface area contributed by atoms with Crippen LogP contribution in [0.5, 0.6) is 0 Å². The van der Waals surface area contributed by atoms with E-state index in [1.165, 1.54) is 44.2 Å². The minimum absolute atomic E-state index is 0.813. The largest absolute Gasteiger partial charge is 0.314 e. The molecule has 0 radical (unpaired) electrons. The van der Waals surface area contributed by atoms with Gasteiger partial charge >= 0.3 is 0 Å². The fourth-order valence-corrected chi connectivity index (χ4v) is 2.25. The van der Waals surface area contributed by atoms with Crippen molar-refractivity contribution in [2.45, 2.75) is 45.1 Å². The lowest BCUT2D eigenvalue weighted by molar-refractivity contribution is 0.437. The normalized spacial score (nSPS) is 17.3. The van der Waals surface area contributed by atoms with Gasteiger partial charge in [0.2, 0.25) is 0 Å². The molecule has 0 amide bonds. The molecule has 1 aliphatic carbocycles. The first kappa shape index (κ1) is 11.7. The van der Waals surface area contributed by atoms with Gasteiger partial charge < -0.3 is 5.32 Å². The van der Waals surface area contributed by atoms with Gasteiger partial charge in [0.25, 0.3) is 0 Å². The fourth-order valence-electron chi connectivity index (χ4n) is 2.25. The molecule has 2 rings (SSSR count). The van der Waals surface area contributed by atoms with Gasteiger partial charge in [0.15, 0.2) is 0 Å². The third kappa shape index (κ3) is 3.97. The predicted molar refractivity (Wildman–Crippen MR) is 69.6 cm³/mol. The minimum Gasteiger partial charge on any atom is -0.314 e. The molecule has 0 spiro atoms. The molecule has 1 aromatic rings. The highest BCUT2D eigenvalue weighted by Gasteiger charge is 2.21. The van der Waals surface area contributed by atoms with Gasteiger partial charge in [-0.15, -0.1) is 0 Å². The molecule has 1 saturated carbocycles. The molecular weight excluding hydrogens is 194 g/mol. The lowest BCUT2D eigenvalue weighted by atomic mass is 9.95. The Morgan fingerprint density at radius 3 is 2.62 bits per heavy atom. The second kappa shape index (κ2) is 6.05. The van der Waals surface area contributed by atoms with E-state index in [9.17, 15) is 0 Å². The maximum Gasteiger partial charge on any atom is 0.00683 e. The predicted octanol–water partition coefficient (Wildman–Crippen LogP) is 3.40. The van der Waals surface area contributed by atoms with Crippen LogP contribution in [0.15, 0.2) is 30.3 Å². The molecule has 0 bridgehead atoms. The molecule has 1 aliphatic rings. The Morgan fingerprint density at radius 2 is 2.00 bits per heavy atom. The number of nitrogens with one attached hydrogen (secondary N) is 1. The lowest BCUT2D eigenvalue weighted by Crippen LogP contribution is -2.26. The number of hydrogen-bond donors (Lipinski definition) is 1. The zero-order valence-electron chi connectivity index (χ0n) is 10.3. The summed E-state index contributed by atoms with van der Waals surface area (Å²) in [5.41, 5.74) is 1.48. The highest BCUT2D eigenvalue weighted by molar-refractivity contribution is 5.15. The van der Waals surface area contributed by atoms with Crippen LogP contribution < -0.4 is 5.32 Å². The highest BCUT2D eigenvalue weighted by Crippen LogP contribution is 2.20. The van der Waals surface area contributed by atoms with Crippen molar-refractivity contribution in [3.63, 3.8) is 0 Å². The van der Waals surface area contributed by atoms with Gasteiger partial charge in [0.05, 0.1) is 0 Å². The van der Waals surface area contributed by atoms with E-state index < -0.39 is 0 Å². The molecule has 1 N–H and O–H groups in total. The molecule has 0 aliphatic heterocycles. The van der Waals surface area contributed by atoms with Gasteiger partial charge in [-0.3, -0.25) is 0 Å². The summed E-state index contributed by atoms with van der Waals surface area (Å²) in [5, 5.41) is 3.66. The Hall–Kier alpha value is -0.820. The third-order valence-corrected chi connectivity index (χ3v) is 3.34. The Labute approximate surface area is 99.3 Å². The number of hydrogen-bond acceptors (Lipinski definition) is 1. The maximum atomic E-state index is 3.66. The van der Waals surface area contributed by atoms with Crippen molar-refractivity contribution < 1.29 is 0 Å². The van der Waals surface area contributed by atoms with E-state index in [-0.39, 0.29) is 0 Å². The molecule has 16 heavy (non-hydrogen) atoms. The first-order valence-corrected chi connectivity index (χ1v) is 6.65. The smallest absolute Gasteiger partial charge is 0.00683 e. The number of rotatable bonds is 7. The van der Waals surface area contributed by atoms with Gasteiger partial charge in [-0.05, 0) is 43.7 Å². The van der Waals surface area contributed by atoms with Crippen LogP contribution in [-0.2, 0) is 6.42 Å². The monoisotopic (exact) mass is 217 g/mol. The summed E-state index contributed by atoms with van der Waals surface area (Å²) < 4.78 is 0. The van der Waals surface area contributed by atoms with Crippen molar-refractivity contribution in [2.75, 3.05) is 6.54 Å². The average molecular weight is 217 g/mol. The fraction of sp³-hybridized carbons (Fsp3) is 0.600. The zero-order chi connectivity index (χ0) is 11.2. The molecule has 1 aromatic carbocycles. The molecule has 1 atom stereocenters. The number of benzene rings is 1. The van der Waals surface area contributed by atoms with Gasteiger partial charge in [0, 0.05) is 6.04 Å². The Morgan fingerprint density at radius 1 is 1.25 bits per heavy atom. The summed E-state index contributed by atoms with van der Waals surface area (Å²) >= 11 is 0. The Bertz CT molecular complexity index is 290. The Kier molecular flexibility index (Phi) is 4.41. The van der Waals surface area contributed by atoms with Gasteiger partial charge in [-0.25, -0.2) is 0 Å². The van der Waals surface area contributed by atoms with Crippen molar-refractivity contribution in [1.29, 1.82) is 0 Å². The van der Waals surface area contributed by atoms with Crippen LogP contribution in [0.25, 0.3) is 0 Å². The van der Waals surface area contributed by atoms with E-state index in [0.29, 0.717) is 0 Å². The van der Waals surface area contributed by atoms with Crippen LogP contribution in [0, 0.1) is 5.92 Å². The Balaban J connectivity index is 1.80. The molecule has 1 heteroatoms. The van der Waals surface area contributed by atoms with E-state index in [0.717, 1.165) is 12.0 Å². The van der Waals surface area contributed by atoms with E-state index in [2.05, 4.69) is 42.6 Å². The van der Waals surface area contributed by atoms with E-state index in [1.807, 2.05) is 0 Å². The van der Waals surface area contributed by atoms with Crippen molar-refractivity contribution in [3.8, 4) is 0 Å². The summed E-state index contributed by atoms with van der Waals surface area (Å²) in [5.74, 6) is 0.813. The topological polar surface area (TPSA) is 12.0 Å². The van der Waals surface area contributed by atoms with Crippen molar-refractivity contribution in [1.82, 2.24) is 5.32 Å². The van der Waals surface area contributed by atoms with Crippen LogP contribution in [0.2, 0.25) is 0 Å². The first-order chi connectivity index (χ1) is 7.88. The molecule has 1 nitrogen and oxygen atoms in total. The summed E-state index contributed by atoms with van der Waals surface area (Å²) in [6.07, 6.45) is 6.65. The van der Waals surface area contributed by atoms with Gasteiger partial charge in [-0.2, -0.15) is 0 Å². The molecular formula is C15H23N. The van der Waals surface area contributed by atoms with Crippen LogP contribution >= 0.6 is 0 Å². The maximum absolute atomic E-state index is 3.66.